The van der Waals surface area contributed by atoms with Gasteiger partial charge in [-0.1, -0.05) is 0 Å². The molecule has 2 N–H and O–H groups in total. The van der Waals surface area contributed by atoms with Crippen LogP contribution in [-0.4, -0.2) is 27.7 Å². The number of hydrogen-bond acceptors (Lipinski definition) is 5. The van der Waals surface area contributed by atoms with E-state index in [9.17, 15) is 9.59 Å². The Morgan fingerprint density at radius 3 is 2.45 bits per heavy atom. The Labute approximate surface area is 118 Å². The van der Waals surface area contributed by atoms with Crippen LogP contribution in [0.15, 0.2) is 41.8 Å². The Morgan fingerprint density at radius 1 is 1.20 bits per heavy atom. The van der Waals surface area contributed by atoms with Gasteiger partial charge >= 0.3 is 5.97 Å². The van der Waals surface area contributed by atoms with Gasteiger partial charge < -0.3 is 5.11 Å². The van der Waals surface area contributed by atoms with Gasteiger partial charge in [0, 0.05) is 18.0 Å². The number of aromatic nitrogens is 1. The number of pyridine rings is 1. The Morgan fingerprint density at radius 2 is 1.85 bits per heavy atom. The van der Waals surface area contributed by atoms with E-state index in [1.807, 2.05) is 0 Å². The second-order valence-electron chi connectivity index (χ2n) is 3.84. The summed E-state index contributed by atoms with van der Waals surface area (Å²) in [6.45, 7) is 1.70. The first-order valence-corrected chi connectivity index (χ1v) is 6.47. The third-order valence-corrected chi connectivity index (χ3v) is 3.62. The lowest BCUT2D eigenvalue weighted by molar-refractivity contribution is 0.0702. The van der Waals surface area contributed by atoms with E-state index in [0.29, 0.717) is 16.2 Å². The molecule has 0 fully saturated rings. The number of rotatable bonds is 4. The molecule has 0 aliphatic rings. The zero-order chi connectivity index (χ0) is 14.5. The second-order valence-corrected chi connectivity index (χ2v) is 4.93. The smallest absolute Gasteiger partial charge is 0.345 e. The summed E-state index contributed by atoms with van der Waals surface area (Å²) in [6.07, 6.45) is 3.04. The molecule has 0 saturated carbocycles. The molecule has 0 aromatic carbocycles. The molecule has 1 amide bonds. The lowest BCUT2D eigenvalue weighted by atomic mass is 10.2. The Bertz CT molecular complexity index is 665. The molecule has 6 nitrogen and oxygen atoms in total. The van der Waals surface area contributed by atoms with Crippen LogP contribution in [0.1, 0.15) is 31.8 Å². The molecule has 2 aromatic heterocycles. The number of nitrogens with zero attached hydrogens (tertiary/aromatic N) is 2. The zero-order valence-electron chi connectivity index (χ0n) is 10.5. The van der Waals surface area contributed by atoms with Crippen LogP contribution in [0.25, 0.3) is 0 Å². The van der Waals surface area contributed by atoms with E-state index in [1.54, 1.807) is 25.1 Å². The average molecular weight is 289 g/mol. The number of carboxylic acids is 1. The van der Waals surface area contributed by atoms with Gasteiger partial charge in [0.15, 0.2) is 0 Å². The van der Waals surface area contributed by atoms with Crippen molar-refractivity contribution in [1.29, 1.82) is 0 Å². The van der Waals surface area contributed by atoms with Gasteiger partial charge in [0.1, 0.15) is 4.88 Å². The summed E-state index contributed by atoms with van der Waals surface area (Å²) >= 11 is 1.10. The maximum atomic E-state index is 11.8. The molecule has 2 aromatic rings. The molecule has 102 valence electrons. The predicted molar refractivity (Wildman–Crippen MR) is 75.2 cm³/mol. The van der Waals surface area contributed by atoms with E-state index in [0.717, 1.165) is 11.3 Å². The van der Waals surface area contributed by atoms with Crippen molar-refractivity contribution >= 4 is 28.9 Å². The molecule has 0 saturated heterocycles. The van der Waals surface area contributed by atoms with Gasteiger partial charge in [-0.2, -0.15) is 5.10 Å². The number of amides is 1. The van der Waals surface area contributed by atoms with E-state index < -0.39 is 5.97 Å². The van der Waals surface area contributed by atoms with Crippen LogP contribution in [-0.2, 0) is 0 Å². The van der Waals surface area contributed by atoms with Gasteiger partial charge in [-0.3, -0.25) is 9.78 Å². The topological polar surface area (TPSA) is 91.7 Å². The van der Waals surface area contributed by atoms with E-state index in [2.05, 4.69) is 15.5 Å². The lowest BCUT2D eigenvalue weighted by Crippen LogP contribution is -2.19. The summed E-state index contributed by atoms with van der Waals surface area (Å²) in [4.78, 5) is 27.3. The molecule has 2 heterocycles. The number of hydrazone groups is 1. The molecule has 0 aliphatic carbocycles. The fourth-order valence-electron chi connectivity index (χ4n) is 1.40. The van der Waals surface area contributed by atoms with Crippen LogP contribution in [0.2, 0.25) is 0 Å². The van der Waals surface area contributed by atoms with Crippen LogP contribution in [0, 0.1) is 0 Å². The number of carbonyl (C=O) groups is 2. The van der Waals surface area contributed by atoms with Gasteiger partial charge in [0.2, 0.25) is 0 Å². The van der Waals surface area contributed by atoms with Gasteiger partial charge in [-0.05, 0) is 31.2 Å². The minimum Gasteiger partial charge on any atom is -0.477 e. The second kappa shape index (κ2) is 6.07. The number of carbonyl (C=O) groups excluding carboxylic acids is 1. The summed E-state index contributed by atoms with van der Waals surface area (Å²) in [5.74, 6) is -1.32. The average Bonchev–Trinajstić information content (AvgIpc) is 2.95. The lowest BCUT2D eigenvalue weighted by Gasteiger charge is -2.00. The molecular formula is C13H11N3O3S. The third kappa shape index (κ3) is 3.27. The van der Waals surface area contributed by atoms with Crippen molar-refractivity contribution in [3.8, 4) is 0 Å². The normalized spacial score (nSPS) is 11.2. The molecule has 0 bridgehead atoms. The van der Waals surface area contributed by atoms with Gasteiger partial charge in [-0.15, -0.1) is 11.3 Å². The minimum atomic E-state index is -0.977. The predicted octanol–water partition coefficient (Wildman–Crippen LogP) is 2.00. The highest BCUT2D eigenvalue weighted by molar-refractivity contribution is 7.15. The Kier molecular flexibility index (Phi) is 4.21. The highest BCUT2D eigenvalue weighted by atomic mass is 32.1. The molecule has 0 unspecified atom stereocenters. The molecule has 20 heavy (non-hydrogen) atoms. The fraction of sp³-hybridized carbons (Fsp3) is 0.0769. The zero-order valence-corrected chi connectivity index (χ0v) is 11.3. The van der Waals surface area contributed by atoms with Gasteiger partial charge in [0.25, 0.3) is 5.91 Å². The number of thiophene rings is 1. The monoisotopic (exact) mass is 289 g/mol. The van der Waals surface area contributed by atoms with Crippen molar-refractivity contribution in [3.63, 3.8) is 0 Å². The molecular weight excluding hydrogens is 278 g/mol. The Balaban J connectivity index is 2.07. The van der Waals surface area contributed by atoms with E-state index in [4.69, 9.17) is 5.11 Å². The molecule has 0 atom stereocenters. The summed E-state index contributed by atoms with van der Waals surface area (Å²) in [6, 6.07) is 6.32. The number of aromatic carboxylic acids is 1. The maximum absolute atomic E-state index is 11.8. The summed E-state index contributed by atoms with van der Waals surface area (Å²) in [5, 5.41) is 12.8. The first-order chi connectivity index (χ1) is 9.58. The van der Waals surface area contributed by atoms with Crippen LogP contribution in [0.4, 0.5) is 0 Å². The minimum absolute atomic E-state index is 0.231. The van der Waals surface area contributed by atoms with Crippen molar-refractivity contribution < 1.29 is 14.7 Å². The van der Waals surface area contributed by atoms with Crippen LogP contribution in [0.3, 0.4) is 0 Å². The van der Waals surface area contributed by atoms with Crippen molar-refractivity contribution in [2.45, 2.75) is 6.92 Å². The van der Waals surface area contributed by atoms with Gasteiger partial charge in [-0.25, -0.2) is 10.2 Å². The van der Waals surface area contributed by atoms with Gasteiger partial charge in [0.05, 0.1) is 10.6 Å². The fourth-order valence-corrected chi connectivity index (χ4v) is 2.19. The SMILES string of the molecule is C/C(=N\NC(=O)c1ccncc1)c1ccc(C(=O)O)s1. The number of carboxylic acid groups (broad SMARTS) is 1. The van der Waals surface area contributed by atoms with Crippen LogP contribution >= 0.6 is 11.3 Å². The quantitative estimate of drug-likeness (QED) is 0.665. The van der Waals surface area contributed by atoms with Crippen LogP contribution in [0.5, 0.6) is 0 Å². The Hall–Kier alpha value is -2.54. The van der Waals surface area contributed by atoms with Crippen molar-refractivity contribution in [1.82, 2.24) is 10.4 Å². The van der Waals surface area contributed by atoms with E-state index in [-0.39, 0.29) is 10.8 Å². The standard InChI is InChI=1S/C13H11N3O3S/c1-8(10-2-3-11(20-10)13(18)19)15-16-12(17)9-4-6-14-7-5-9/h2-7H,1H3,(H,16,17)(H,18,19)/b15-8+. The van der Waals surface area contributed by atoms with E-state index >= 15 is 0 Å². The summed E-state index contributed by atoms with van der Waals surface area (Å²) in [5.41, 5.74) is 3.42. The third-order valence-electron chi connectivity index (χ3n) is 2.44. The summed E-state index contributed by atoms with van der Waals surface area (Å²) < 4.78 is 0. The van der Waals surface area contributed by atoms with Crippen molar-refractivity contribution in [2.24, 2.45) is 5.10 Å². The molecule has 7 heteroatoms. The largest absolute Gasteiger partial charge is 0.477 e. The van der Waals surface area contributed by atoms with Crippen molar-refractivity contribution in [3.05, 3.63) is 52.0 Å². The summed E-state index contributed by atoms with van der Waals surface area (Å²) in [7, 11) is 0. The molecule has 2 rings (SSSR count). The molecule has 0 spiro atoms. The first kappa shape index (κ1) is 13.9. The molecule has 0 aliphatic heterocycles. The number of hydrogen-bond donors (Lipinski definition) is 2. The number of nitrogens with one attached hydrogen (secondary N) is 1. The maximum Gasteiger partial charge on any atom is 0.345 e. The van der Waals surface area contributed by atoms with Crippen LogP contribution < -0.4 is 5.43 Å². The molecule has 0 radical (unpaired) electrons. The highest BCUT2D eigenvalue weighted by Gasteiger charge is 2.09. The van der Waals surface area contributed by atoms with E-state index in [1.165, 1.54) is 18.5 Å². The van der Waals surface area contributed by atoms with Crippen molar-refractivity contribution in [2.75, 3.05) is 0 Å². The first-order valence-electron chi connectivity index (χ1n) is 5.66. The highest BCUT2D eigenvalue weighted by Crippen LogP contribution is 2.17.